The Balaban J connectivity index is 1.39. The van der Waals surface area contributed by atoms with Gasteiger partial charge in [-0.25, -0.2) is 4.39 Å². The molecule has 3 aromatic rings. The van der Waals surface area contributed by atoms with Gasteiger partial charge in [-0.15, -0.1) is 0 Å². The molecule has 2 atom stereocenters. The molecule has 1 N–H and O–H groups in total. The third kappa shape index (κ3) is 4.38. The van der Waals surface area contributed by atoms with Gasteiger partial charge in [0.05, 0.1) is 5.92 Å². The summed E-state index contributed by atoms with van der Waals surface area (Å²) in [7, 11) is 0. The zero-order valence-corrected chi connectivity index (χ0v) is 18.6. The van der Waals surface area contributed by atoms with Crippen LogP contribution in [0.25, 0.3) is 11.1 Å². The number of aromatic nitrogens is 1. The third-order valence-electron chi connectivity index (χ3n) is 6.60. The summed E-state index contributed by atoms with van der Waals surface area (Å²) in [5, 5.41) is 2.87. The number of rotatable bonds is 3. The van der Waals surface area contributed by atoms with Crippen molar-refractivity contribution in [1.82, 2.24) is 9.88 Å². The molecule has 2 aliphatic heterocycles. The zero-order valence-electron chi connectivity index (χ0n) is 18.6. The van der Waals surface area contributed by atoms with Crippen LogP contribution in [0.15, 0.2) is 60.7 Å². The van der Waals surface area contributed by atoms with E-state index in [1.54, 1.807) is 12.1 Å². The lowest BCUT2D eigenvalue weighted by Gasteiger charge is -2.36. The molecule has 1 aromatic heterocycles. The monoisotopic (exact) mass is 443 g/mol. The Labute approximate surface area is 192 Å². The molecule has 5 nitrogen and oxygen atoms in total. The van der Waals surface area contributed by atoms with Crippen molar-refractivity contribution in [2.75, 3.05) is 18.4 Å². The molecule has 2 aliphatic rings. The first-order valence-electron chi connectivity index (χ1n) is 11.4. The first-order valence-corrected chi connectivity index (χ1v) is 11.4. The number of fused-ring (bicyclic) bond motifs is 1. The standard InChI is InChI=1S/C27H26FN3O2/c1-17-13-20(18-8-10-21(28)11-9-18)14-25(29-17)19-5-4-12-31(16-19)27(33)23-15-26(32)30-24-7-3-2-6-22(23)24/h2-3,6-11,13-14,19,23H,4-5,12,15-16H2,1H3,(H,30,32)/t19-,23-/m0/s1. The second-order valence-electron chi connectivity index (χ2n) is 8.94. The van der Waals surface area contributed by atoms with Crippen LogP contribution in [0.4, 0.5) is 10.1 Å². The topological polar surface area (TPSA) is 62.3 Å². The highest BCUT2D eigenvalue weighted by Crippen LogP contribution is 2.36. The maximum Gasteiger partial charge on any atom is 0.230 e. The van der Waals surface area contributed by atoms with Gasteiger partial charge in [-0.3, -0.25) is 14.6 Å². The fraction of sp³-hybridized carbons (Fsp3) is 0.296. The van der Waals surface area contributed by atoms with Gasteiger partial charge in [-0.1, -0.05) is 30.3 Å². The lowest BCUT2D eigenvalue weighted by atomic mass is 9.87. The number of pyridine rings is 1. The summed E-state index contributed by atoms with van der Waals surface area (Å²) in [5.74, 6) is -0.703. The van der Waals surface area contributed by atoms with Gasteiger partial charge in [0.1, 0.15) is 5.82 Å². The molecule has 6 heteroatoms. The molecule has 1 saturated heterocycles. The van der Waals surface area contributed by atoms with E-state index in [2.05, 4.69) is 11.4 Å². The fourth-order valence-corrected chi connectivity index (χ4v) is 4.98. The van der Waals surface area contributed by atoms with Crippen LogP contribution in [0.5, 0.6) is 0 Å². The van der Waals surface area contributed by atoms with Crippen LogP contribution in [-0.4, -0.2) is 34.8 Å². The summed E-state index contributed by atoms with van der Waals surface area (Å²) in [6.07, 6.45) is 2.01. The molecule has 1 fully saturated rings. The maximum atomic E-state index is 13.5. The average molecular weight is 444 g/mol. The Morgan fingerprint density at radius 2 is 1.88 bits per heavy atom. The summed E-state index contributed by atoms with van der Waals surface area (Å²) >= 11 is 0. The number of hydrogen-bond acceptors (Lipinski definition) is 3. The van der Waals surface area contributed by atoms with E-state index in [1.807, 2.05) is 42.2 Å². The number of hydrogen-bond donors (Lipinski definition) is 1. The summed E-state index contributed by atoms with van der Waals surface area (Å²) in [6.45, 7) is 3.23. The average Bonchev–Trinajstić information content (AvgIpc) is 2.83. The molecule has 33 heavy (non-hydrogen) atoms. The Morgan fingerprint density at radius 3 is 2.70 bits per heavy atom. The van der Waals surface area contributed by atoms with Crippen LogP contribution in [0, 0.1) is 12.7 Å². The predicted molar refractivity (Wildman–Crippen MR) is 125 cm³/mol. The summed E-state index contributed by atoms with van der Waals surface area (Å²) < 4.78 is 13.4. The van der Waals surface area contributed by atoms with Gasteiger partial charge in [-0.2, -0.15) is 0 Å². The van der Waals surface area contributed by atoms with E-state index in [9.17, 15) is 14.0 Å². The van der Waals surface area contributed by atoms with E-state index in [4.69, 9.17) is 4.98 Å². The summed E-state index contributed by atoms with van der Waals surface area (Å²) in [5.41, 5.74) is 5.40. The maximum absolute atomic E-state index is 13.5. The number of anilines is 1. The van der Waals surface area contributed by atoms with E-state index in [1.165, 1.54) is 12.1 Å². The quantitative estimate of drug-likeness (QED) is 0.618. The molecular weight excluding hydrogens is 417 g/mol. The highest BCUT2D eigenvalue weighted by Gasteiger charge is 2.35. The number of amides is 2. The number of carbonyl (C=O) groups excluding carboxylic acids is 2. The van der Waals surface area contributed by atoms with E-state index in [0.29, 0.717) is 13.1 Å². The molecule has 2 aromatic carbocycles. The van der Waals surface area contributed by atoms with Gasteiger partial charge in [0.15, 0.2) is 0 Å². The van der Waals surface area contributed by atoms with Crippen LogP contribution < -0.4 is 5.32 Å². The smallest absolute Gasteiger partial charge is 0.230 e. The normalized spacial score (nSPS) is 20.2. The van der Waals surface area contributed by atoms with Crippen molar-refractivity contribution in [3.63, 3.8) is 0 Å². The number of halogens is 1. The highest BCUT2D eigenvalue weighted by molar-refractivity contribution is 6.01. The van der Waals surface area contributed by atoms with E-state index in [0.717, 1.165) is 46.6 Å². The second kappa shape index (κ2) is 8.77. The largest absolute Gasteiger partial charge is 0.341 e. The Bertz CT molecular complexity index is 1210. The zero-order chi connectivity index (χ0) is 22.9. The van der Waals surface area contributed by atoms with Crippen LogP contribution in [0.1, 0.15) is 48.0 Å². The van der Waals surface area contributed by atoms with Crippen molar-refractivity contribution in [3.8, 4) is 11.1 Å². The minimum absolute atomic E-state index is 0.00779. The molecule has 2 amide bonds. The number of benzene rings is 2. The number of nitrogens with zero attached hydrogens (tertiary/aromatic N) is 2. The molecular formula is C27H26FN3O2. The first-order chi connectivity index (χ1) is 16.0. The van der Waals surface area contributed by atoms with Crippen molar-refractivity contribution >= 4 is 17.5 Å². The minimum Gasteiger partial charge on any atom is -0.341 e. The van der Waals surface area contributed by atoms with E-state index >= 15 is 0 Å². The van der Waals surface area contributed by atoms with E-state index < -0.39 is 5.92 Å². The molecule has 0 saturated carbocycles. The van der Waals surface area contributed by atoms with Crippen molar-refractivity contribution in [1.29, 1.82) is 0 Å². The van der Waals surface area contributed by atoms with Gasteiger partial charge in [0.2, 0.25) is 11.8 Å². The number of likely N-dealkylation sites (tertiary alicyclic amines) is 1. The summed E-state index contributed by atoms with van der Waals surface area (Å²) in [4.78, 5) is 32.4. The lowest BCUT2D eigenvalue weighted by molar-refractivity contribution is -0.136. The van der Waals surface area contributed by atoms with Gasteiger partial charge < -0.3 is 10.2 Å². The van der Waals surface area contributed by atoms with Gasteiger partial charge >= 0.3 is 0 Å². The Kier molecular flexibility index (Phi) is 5.67. The van der Waals surface area contributed by atoms with Crippen LogP contribution in [-0.2, 0) is 9.59 Å². The predicted octanol–water partition coefficient (Wildman–Crippen LogP) is 5.03. The van der Waals surface area contributed by atoms with Crippen molar-refractivity contribution < 1.29 is 14.0 Å². The highest BCUT2D eigenvalue weighted by atomic mass is 19.1. The summed E-state index contributed by atoms with van der Waals surface area (Å²) in [6, 6.07) is 18.1. The fourth-order valence-electron chi connectivity index (χ4n) is 4.98. The minimum atomic E-state index is -0.450. The molecule has 0 bridgehead atoms. The Morgan fingerprint density at radius 1 is 1.09 bits per heavy atom. The van der Waals surface area contributed by atoms with Crippen LogP contribution in [0.2, 0.25) is 0 Å². The number of piperidine rings is 1. The number of aryl methyl sites for hydroxylation is 1. The van der Waals surface area contributed by atoms with Gasteiger partial charge in [0.25, 0.3) is 0 Å². The lowest BCUT2D eigenvalue weighted by Crippen LogP contribution is -2.43. The van der Waals surface area contributed by atoms with E-state index in [-0.39, 0.29) is 30.0 Å². The van der Waals surface area contributed by atoms with Crippen LogP contribution in [0.3, 0.4) is 0 Å². The van der Waals surface area contributed by atoms with Crippen molar-refractivity contribution in [2.24, 2.45) is 0 Å². The molecule has 0 radical (unpaired) electrons. The number of para-hydroxylation sites is 1. The Hall–Kier alpha value is -3.54. The first kappa shape index (κ1) is 21.3. The van der Waals surface area contributed by atoms with Crippen molar-refractivity contribution in [3.05, 3.63) is 83.4 Å². The van der Waals surface area contributed by atoms with Gasteiger partial charge in [0, 0.05) is 42.5 Å². The van der Waals surface area contributed by atoms with Gasteiger partial charge in [-0.05, 0) is 66.8 Å². The second-order valence-corrected chi connectivity index (χ2v) is 8.94. The van der Waals surface area contributed by atoms with Crippen LogP contribution >= 0.6 is 0 Å². The molecule has 0 aliphatic carbocycles. The number of carbonyl (C=O) groups is 2. The molecule has 3 heterocycles. The third-order valence-corrected chi connectivity index (χ3v) is 6.60. The molecule has 0 spiro atoms. The molecule has 168 valence electrons. The van der Waals surface area contributed by atoms with Crippen molar-refractivity contribution in [2.45, 2.75) is 38.0 Å². The molecule has 5 rings (SSSR count). The molecule has 0 unspecified atom stereocenters. The number of nitrogens with one attached hydrogen (secondary N) is 1. The SMILES string of the molecule is Cc1cc(-c2ccc(F)cc2)cc([C@H]2CCCN(C(=O)[C@H]3CC(=O)Nc4ccccc43)C2)n1.